The molecule has 1 nitrogen and oxygen atoms in total. The highest BCUT2D eigenvalue weighted by atomic mass is 32.2. The van der Waals surface area contributed by atoms with Gasteiger partial charge in [0, 0.05) is 21.5 Å². The molecule has 1 aromatic heterocycles. The topological polar surface area (TPSA) is 3.88 Å². The van der Waals surface area contributed by atoms with Gasteiger partial charge < -0.3 is 0 Å². The lowest BCUT2D eigenvalue weighted by Gasteiger charge is -2.45. The molecule has 0 saturated carbocycles. The molecule has 0 aliphatic carbocycles. The van der Waals surface area contributed by atoms with Crippen molar-refractivity contribution in [3.63, 3.8) is 0 Å². The third kappa shape index (κ3) is 3.68. The van der Waals surface area contributed by atoms with Gasteiger partial charge >= 0.3 is 6.71 Å². The lowest BCUT2D eigenvalue weighted by atomic mass is 9.31. The number of benzene rings is 2. The van der Waals surface area contributed by atoms with Crippen LogP contribution >= 0.6 is 11.8 Å². The number of nitrogens with zero attached hydrogens (tertiary/aromatic N) is 1. The van der Waals surface area contributed by atoms with Crippen LogP contribution in [0.25, 0.3) is 0 Å². The summed E-state index contributed by atoms with van der Waals surface area (Å²) in [6.45, 7) is 17.0. The lowest BCUT2D eigenvalue weighted by Crippen LogP contribution is -2.68. The van der Waals surface area contributed by atoms with Gasteiger partial charge in [-0.15, -0.1) is 11.8 Å². The number of aryl methyl sites for hydroxylation is 3. The van der Waals surface area contributed by atoms with E-state index in [9.17, 15) is 0 Å². The molecule has 170 valence electrons. The van der Waals surface area contributed by atoms with E-state index in [0.717, 1.165) is 6.42 Å². The molecular formula is C30H37BNS+. The first-order valence-electron chi connectivity index (χ1n) is 12.3. The second-order valence-electron chi connectivity index (χ2n) is 12.1. The van der Waals surface area contributed by atoms with Crippen molar-refractivity contribution in [2.24, 2.45) is 12.5 Å². The smallest absolute Gasteiger partial charge is 0.214 e. The molecule has 2 aliphatic heterocycles. The molecule has 0 amide bonds. The predicted octanol–water partition coefficient (Wildman–Crippen LogP) is 5.41. The van der Waals surface area contributed by atoms with Crippen molar-refractivity contribution in [3.05, 3.63) is 82.5 Å². The normalized spacial score (nSPS) is 20.9. The molecule has 2 aliphatic rings. The van der Waals surface area contributed by atoms with E-state index in [1.165, 1.54) is 32.7 Å². The summed E-state index contributed by atoms with van der Waals surface area (Å²) < 4.78 is 2.42. The molecule has 33 heavy (non-hydrogen) atoms. The third-order valence-corrected chi connectivity index (χ3v) is 9.39. The van der Waals surface area contributed by atoms with Crippen LogP contribution in [-0.2, 0) is 18.9 Å². The molecule has 3 heterocycles. The summed E-state index contributed by atoms with van der Waals surface area (Å²) in [6.07, 6.45) is 3.48. The van der Waals surface area contributed by atoms with Gasteiger partial charge in [-0.1, -0.05) is 82.0 Å². The van der Waals surface area contributed by atoms with Gasteiger partial charge in [0.2, 0.25) is 0 Å². The van der Waals surface area contributed by atoms with Crippen molar-refractivity contribution in [1.82, 2.24) is 0 Å². The summed E-state index contributed by atoms with van der Waals surface area (Å²) in [5.74, 6) is 0.505. The average molecular weight is 455 g/mol. The molecule has 2 aromatic carbocycles. The summed E-state index contributed by atoms with van der Waals surface area (Å²) in [5, 5.41) is 0.502. The molecule has 0 spiro atoms. The number of hydrogen-bond acceptors (Lipinski definition) is 1. The fraction of sp³-hybridized carbons (Fsp3) is 0.433. The standard InChI is InChI=1S/C30H37BNS/c1-19-12-11-14-23-27(19)31(25-16-21(17-29(3,4)5)20(2)18-32(25)8)28-26(30(23,6)7)22-13-9-10-15-24(22)33-28/h9-16,18,26,28H,17H2,1-8H3/q+1. The number of aromatic nitrogens is 1. The van der Waals surface area contributed by atoms with Gasteiger partial charge in [-0.25, -0.2) is 4.57 Å². The third-order valence-electron chi connectivity index (χ3n) is 7.94. The van der Waals surface area contributed by atoms with Crippen molar-refractivity contribution in [1.29, 1.82) is 0 Å². The van der Waals surface area contributed by atoms with Crippen molar-refractivity contribution in [3.8, 4) is 0 Å². The first-order valence-corrected chi connectivity index (χ1v) is 13.2. The maximum atomic E-state index is 2.54. The van der Waals surface area contributed by atoms with Crippen LogP contribution in [0.15, 0.2) is 59.6 Å². The summed E-state index contributed by atoms with van der Waals surface area (Å²) in [6, 6.07) is 18.7. The summed E-state index contributed by atoms with van der Waals surface area (Å²) in [5.41, 5.74) is 10.8. The number of thioether (sulfide) groups is 1. The minimum absolute atomic E-state index is 0.0969. The van der Waals surface area contributed by atoms with E-state index >= 15 is 0 Å². The quantitative estimate of drug-likeness (QED) is 0.370. The molecule has 0 bridgehead atoms. The molecule has 2 atom stereocenters. The zero-order valence-corrected chi connectivity index (χ0v) is 22.3. The minimum atomic E-state index is 0.0969. The van der Waals surface area contributed by atoms with Crippen LogP contribution in [0.4, 0.5) is 0 Å². The average Bonchev–Trinajstić information content (AvgIpc) is 3.11. The van der Waals surface area contributed by atoms with E-state index in [4.69, 9.17) is 0 Å². The summed E-state index contributed by atoms with van der Waals surface area (Å²) >= 11 is 2.12. The molecule has 3 aromatic rings. The van der Waals surface area contributed by atoms with E-state index in [2.05, 4.69) is 127 Å². The Balaban J connectivity index is 1.77. The predicted molar refractivity (Wildman–Crippen MR) is 144 cm³/mol. The lowest BCUT2D eigenvalue weighted by molar-refractivity contribution is -0.654. The van der Waals surface area contributed by atoms with Gasteiger partial charge in [0.1, 0.15) is 12.6 Å². The molecule has 2 unspecified atom stereocenters. The van der Waals surface area contributed by atoms with Crippen molar-refractivity contribution >= 4 is 29.5 Å². The van der Waals surface area contributed by atoms with Crippen LogP contribution < -0.4 is 15.6 Å². The number of rotatable bonds is 2. The van der Waals surface area contributed by atoms with Crippen LogP contribution in [0.1, 0.15) is 68.4 Å². The molecule has 3 heteroatoms. The Bertz CT molecular complexity index is 1240. The zero-order chi connectivity index (χ0) is 23.7. The van der Waals surface area contributed by atoms with Crippen LogP contribution in [0.2, 0.25) is 0 Å². The number of fused-ring (bicyclic) bond motifs is 4. The van der Waals surface area contributed by atoms with Gasteiger partial charge in [0.25, 0.3) is 0 Å². The van der Waals surface area contributed by atoms with E-state index in [-0.39, 0.29) is 10.8 Å². The van der Waals surface area contributed by atoms with E-state index < -0.39 is 0 Å². The Morgan fingerprint density at radius 3 is 2.45 bits per heavy atom. The molecule has 0 radical (unpaired) electrons. The molecular weight excluding hydrogens is 417 g/mol. The second-order valence-corrected chi connectivity index (χ2v) is 13.3. The van der Waals surface area contributed by atoms with Crippen molar-refractivity contribution in [2.75, 3.05) is 0 Å². The maximum Gasteiger partial charge on any atom is 0.308 e. The van der Waals surface area contributed by atoms with Crippen LogP contribution in [-0.4, -0.2) is 11.9 Å². The largest absolute Gasteiger partial charge is 0.308 e. The first-order chi connectivity index (χ1) is 15.5. The highest BCUT2D eigenvalue weighted by Crippen LogP contribution is 2.56. The Labute approximate surface area is 205 Å². The van der Waals surface area contributed by atoms with E-state index in [1.807, 2.05) is 0 Å². The highest BCUT2D eigenvalue weighted by molar-refractivity contribution is 8.02. The van der Waals surface area contributed by atoms with Gasteiger partial charge in [0.05, 0.1) is 0 Å². The number of hydrogen-bond donors (Lipinski definition) is 0. The SMILES string of the molecule is Cc1c[n+](C)c(B2c3c(C)cccc3C(C)(C)C3c4ccccc4SC23)cc1CC(C)(C)C. The molecule has 5 rings (SSSR count). The Kier molecular flexibility index (Phi) is 5.36. The van der Waals surface area contributed by atoms with Gasteiger partial charge in [0.15, 0.2) is 6.20 Å². The fourth-order valence-electron chi connectivity index (χ4n) is 6.51. The van der Waals surface area contributed by atoms with Crippen molar-refractivity contribution in [2.45, 2.75) is 76.3 Å². The Morgan fingerprint density at radius 1 is 1.00 bits per heavy atom. The minimum Gasteiger partial charge on any atom is -0.214 e. The summed E-state index contributed by atoms with van der Waals surface area (Å²) in [4.78, 5) is 1.47. The van der Waals surface area contributed by atoms with Crippen molar-refractivity contribution < 1.29 is 4.57 Å². The maximum absolute atomic E-state index is 2.54. The first kappa shape index (κ1) is 22.8. The Hall–Kier alpha value is -2.00. The van der Waals surface area contributed by atoms with Gasteiger partial charge in [-0.05, 0) is 59.9 Å². The second kappa shape index (κ2) is 7.77. The van der Waals surface area contributed by atoms with Gasteiger partial charge in [-0.3, -0.25) is 0 Å². The van der Waals surface area contributed by atoms with E-state index in [1.54, 1.807) is 11.0 Å². The van der Waals surface area contributed by atoms with E-state index in [0.29, 0.717) is 17.8 Å². The number of pyridine rings is 1. The van der Waals surface area contributed by atoms with Gasteiger partial charge in [-0.2, -0.15) is 0 Å². The van der Waals surface area contributed by atoms with Crippen LogP contribution in [0.3, 0.4) is 0 Å². The Morgan fingerprint density at radius 2 is 1.73 bits per heavy atom. The molecule has 0 fully saturated rings. The molecule has 0 saturated heterocycles. The fourth-order valence-corrected chi connectivity index (χ4v) is 8.33. The zero-order valence-electron chi connectivity index (χ0n) is 21.5. The summed E-state index contributed by atoms with van der Waals surface area (Å²) in [7, 11) is 2.25. The highest BCUT2D eigenvalue weighted by Gasteiger charge is 2.56. The van der Waals surface area contributed by atoms with Crippen LogP contribution in [0, 0.1) is 19.3 Å². The molecule has 0 N–H and O–H groups in total. The van der Waals surface area contributed by atoms with Crippen LogP contribution in [0.5, 0.6) is 0 Å². The monoisotopic (exact) mass is 454 g/mol.